The molecule has 2 N–H and O–H groups in total. The molecule has 1 fully saturated rings. The topological polar surface area (TPSA) is 79.9 Å². The third kappa shape index (κ3) is 6.17. The Kier molecular flexibility index (Phi) is 6.12. The molecule has 0 saturated carbocycles. The Bertz CT molecular complexity index is 605. The molecular formula is C18H27N3O4. The highest BCUT2D eigenvalue weighted by Crippen LogP contribution is 2.18. The number of anilines is 1. The monoisotopic (exact) mass is 349 g/mol. The molecule has 0 atom stereocenters. The van der Waals surface area contributed by atoms with Crippen LogP contribution in [0.5, 0.6) is 5.75 Å². The van der Waals surface area contributed by atoms with E-state index in [4.69, 9.17) is 9.47 Å². The first-order valence-corrected chi connectivity index (χ1v) is 8.46. The SMILES string of the molecule is COc1cccc(NC(=O)NC2CCN(C(=O)OC(C)(C)C)CC2)c1. The molecule has 0 bridgehead atoms. The first kappa shape index (κ1) is 18.9. The Morgan fingerprint density at radius 2 is 1.88 bits per heavy atom. The van der Waals surface area contributed by atoms with Gasteiger partial charge in [-0.1, -0.05) is 6.07 Å². The molecule has 3 amide bonds. The van der Waals surface area contributed by atoms with Crippen molar-refractivity contribution < 1.29 is 19.1 Å². The lowest BCUT2D eigenvalue weighted by atomic mass is 10.1. The third-order valence-corrected chi connectivity index (χ3v) is 3.81. The van der Waals surface area contributed by atoms with E-state index in [0.717, 1.165) is 0 Å². The van der Waals surface area contributed by atoms with E-state index in [1.54, 1.807) is 24.1 Å². The van der Waals surface area contributed by atoms with E-state index in [1.807, 2.05) is 32.9 Å². The number of urea groups is 1. The van der Waals surface area contributed by atoms with Crippen LogP contribution in [0.4, 0.5) is 15.3 Å². The molecule has 0 aromatic heterocycles. The standard InChI is InChI=1S/C18H27N3O4/c1-18(2,3)25-17(23)21-10-8-13(9-11-21)19-16(22)20-14-6-5-7-15(12-14)24-4/h5-7,12-13H,8-11H2,1-4H3,(H2,19,20,22). The molecule has 7 heteroatoms. The number of rotatable bonds is 3. The van der Waals surface area contributed by atoms with Crippen LogP contribution in [-0.4, -0.2) is 48.9 Å². The molecule has 1 aliphatic rings. The lowest BCUT2D eigenvalue weighted by Crippen LogP contribution is -2.48. The summed E-state index contributed by atoms with van der Waals surface area (Å²) in [6.07, 6.45) is 1.10. The first-order valence-electron chi connectivity index (χ1n) is 8.46. The van der Waals surface area contributed by atoms with Gasteiger partial charge in [0, 0.05) is 30.9 Å². The number of benzene rings is 1. The van der Waals surface area contributed by atoms with Gasteiger partial charge in [0.1, 0.15) is 11.4 Å². The minimum Gasteiger partial charge on any atom is -0.497 e. The lowest BCUT2D eigenvalue weighted by molar-refractivity contribution is 0.0202. The molecule has 25 heavy (non-hydrogen) atoms. The highest BCUT2D eigenvalue weighted by Gasteiger charge is 2.27. The fraction of sp³-hybridized carbons (Fsp3) is 0.556. The summed E-state index contributed by atoms with van der Waals surface area (Å²) in [5, 5.41) is 5.74. The van der Waals surface area contributed by atoms with Crippen molar-refractivity contribution >= 4 is 17.8 Å². The second-order valence-electron chi connectivity index (χ2n) is 7.07. The number of nitrogens with zero attached hydrogens (tertiary/aromatic N) is 1. The van der Waals surface area contributed by atoms with Crippen molar-refractivity contribution in [2.45, 2.75) is 45.3 Å². The highest BCUT2D eigenvalue weighted by molar-refractivity contribution is 5.89. The van der Waals surface area contributed by atoms with E-state index in [1.165, 1.54) is 0 Å². The Morgan fingerprint density at radius 1 is 1.20 bits per heavy atom. The van der Waals surface area contributed by atoms with E-state index in [-0.39, 0.29) is 18.2 Å². The van der Waals surface area contributed by atoms with Crippen LogP contribution < -0.4 is 15.4 Å². The van der Waals surface area contributed by atoms with Gasteiger partial charge < -0.3 is 25.0 Å². The van der Waals surface area contributed by atoms with E-state index in [9.17, 15) is 9.59 Å². The molecule has 0 radical (unpaired) electrons. The lowest BCUT2D eigenvalue weighted by Gasteiger charge is -2.33. The number of carbonyl (C=O) groups excluding carboxylic acids is 2. The van der Waals surface area contributed by atoms with Crippen LogP contribution in [0.3, 0.4) is 0 Å². The third-order valence-electron chi connectivity index (χ3n) is 3.81. The van der Waals surface area contributed by atoms with Crippen LogP contribution in [0.2, 0.25) is 0 Å². The highest BCUT2D eigenvalue weighted by atomic mass is 16.6. The molecule has 0 unspecified atom stereocenters. The number of hydrogen-bond acceptors (Lipinski definition) is 4. The number of amides is 3. The zero-order chi connectivity index (χ0) is 18.4. The Morgan fingerprint density at radius 3 is 2.48 bits per heavy atom. The number of piperidine rings is 1. The van der Waals surface area contributed by atoms with Gasteiger partial charge >= 0.3 is 12.1 Å². The average Bonchev–Trinajstić information content (AvgIpc) is 2.54. The van der Waals surface area contributed by atoms with Crippen LogP contribution in [0, 0.1) is 0 Å². The van der Waals surface area contributed by atoms with Crippen molar-refractivity contribution in [3.8, 4) is 5.75 Å². The summed E-state index contributed by atoms with van der Waals surface area (Å²) in [6, 6.07) is 6.95. The summed E-state index contributed by atoms with van der Waals surface area (Å²) in [7, 11) is 1.58. The summed E-state index contributed by atoms with van der Waals surface area (Å²) in [5.74, 6) is 0.684. The molecule has 1 aliphatic heterocycles. The molecule has 138 valence electrons. The van der Waals surface area contributed by atoms with Crippen molar-refractivity contribution in [3.05, 3.63) is 24.3 Å². The second-order valence-corrected chi connectivity index (χ2v) is 7.07. The summed E-state index contributed by atoms with van der Waals surface area (Å²) < 4.78 is 10.5. The van der Waals surface area contributed by atoms with Crippen molar-refractivity contribution in [1.82, 2.24) is 10.2 Å². The molecule has 7 nitrogen and oxygen atoms in total. The number of hydrogen-bond donors (Lipinski definition) is 2. The predicted molar refractivity (Wildman–Crippen MR) is 96.0 cm³/mol. The quantitative estimate of drug-likeness (QED) is 0.878. The fourth-order valence-corrected chi connectivity index (χ4v) is 2.59. The maximum Gasteiger partial charge on any atom is 0.410 e. The fourth-order valence-electron chi connectivity index (χ4n) is 2.59. The molecule has 1 saturated heterocycles. The molecule has 0 aliphatic carbocycles. The van der Waals surface area contributed by atoms with Gasteiger partial charge in [-0.2, -0.15) is 0 Å². The Labute approximate surface area is 148 Å². The minimum absolute atomic E-state index is 0.0318. The van der Waals surface area contributed by atoms with Crippen LogP contribution >= 0.6 is 0 Å². The van der Waals surface area contributed by atoms with Gasteiger partial charge in [-0.15, -0.1) is 0 Å². The Balaban J connectivity index is 1.77. The normalized spacial score (nSPS) is 15.4. The smallest absolute Gasteiger partial charge is 0.410 e. The number of methoxy groups -OCH3 is 1. The number of ether oxygens (including phenoxy) is 2. The first-order chi connectivity index (χ1) is 11.8. The summed E-state index contributed by atoms with van der Waals surface area (Å²) in [5.41, 5.74) is 0.172. The number of nitrogens with one attached hydrogen (secondary N) is 2. The summed E-state index contributed by atoms with van der Waals surface area (Å²) >= 11 is 0. The molecule has 1 heterocycles. The molecule has 1 aromatic rings. The largest absolute Gasteiger partial charge is 0.497 e. The minimum atomic E-state index is -0.497. The van der Waals surface area contributed by atoms with Gasteiger partial charge in [0.05, 0.1) is 7.11 Å². The average molecular weight is 349 g/mol. The molecular weight excluding hydrogens is 322 g/mol. The zero-order valence-corrected chi connectivity index (χ0v) is 15.3. The molecule has 0 spiro atoms. The van der Waals surface area contributed by atoms with E-state index in [2.05, 4.69) is 10.6 Å². The van der Waals surface area contributed by atoms with Gasteiger partial charge in [-0.25, -0.2) is 9.59 Å². The number of likely N-dealkylation sites (tertiary alicyclic amines) is 1. The van der Waals surface area contributed by atoms with Crippen LogP contribution in [-0.2, 0) is 4.74 Å². The van der Waals surface area contributed by atoms with Crippen LogP contribution in [0.25, 0.3) is 0 Å². The number of carbonyl (C=O) groups is 2. The van der Waals surface area contributed by atoms with Crippen LogP contribution in [0.1, 0.15) is 33.6 Å². The van der Waals surface area contributed by atoms with Gasteiger partial charge in [0.25, 0.3) is 0 Å². The van der Waals surface area contributed by atoms with Gasteiger partial charge in [0.2, 0.25) is 0 Å². The van der Waals surface area contributed by atoms with Gasteiger partial charge in [-0.05, 0) is 45.7 Å². The van der Waals surface area contributed by atoms with E-state index >= 15 is 0 Å². The second kappa shape index (κ2) is 8.09. The molecule has 2 rings (SSSR count). The van der Waals surface area contributed by atoms with Crippen molar-refractivity contribution in [2.24, 2.45) is 0 Å². The zero-order valence-electron chi connectivity index (χ0n) is 15.3. The van der Waals surface area contributed by atoms with Crippen molar-refractivity contribution in [1.29, 1.82) is 0 Å². The maximum atomic E-state index is 12.1. The Hall–Kier alpha value is -2.44. The maximum absolute atomic E-state index is 12.1. The van der Waals surface area contributed by atoms with Crippen molar-refractivity contribution in [3.63, 3.8) is 0 Å². The predicted octanol–water partition coefficient (Wildman–Crippen LogP) is 3.22. The van der Waals surface area contributed by atoms with Gasteiger partial charge in [-0.3, -0.25) is 0 Å². The van der Waals surface area contributed by atoms with Gasteiger partial charge in [0.15, 0.2) is 0 Å². The summed E-state index contributed by atoms with van der Waals surface area (Å²) in [4.78, 5) is 25.8. The molecule has 1 aromatic carbocycles. The van der Waals surface area contributed by atoms with Crippen LogP contribution in [0.15, 0.2) is 24.3 Å². The van der Waals surface area contributed by atoms with Crippen molar-refractivity contribution in [2.75, 3.05) is 25.5 Å². The summed E-state index contributed by atoms with van der Waals surface area (Å²) in [6.45, 7) is 6.68. The van der Waals surface area contributed by atoms with E-state index < -0.39 is 5.60 Å². The van der Waals surface area contributed by atoms with E-state index in [0.29, 0.717) is 37.4 Å².